The molecule has 1 unspecified atom stereocenters. The van der Waals surface area contributed by atoms with Crippen molar-refractivity contribution in [3.8, 4) is 0 Å². The van der Waals surface area contributed by atoms with Crippen LogP contribution in [-0.2, 0) is 9.59 Å². The molecule has 1 fully saturated rings. The number of nitrogens with one attached hydrogen (secondary N) is 1. The monoisotopic (exact) mass is 242 g/mol. The van der Waals surface area contributed by atoms with Crippen molar-refractivity contribution in [1.82, 2.24) is 10.2 Å². The molecule has 1 aliphatic rings. The van der Waals surface area contributed by atoms with Crippen molar-refractivity contribution in [2.24, 2.45) is 0 Å². The molecular formula is C12H22N2O3. The van der Waals surface area contributed by atoms with E-state index in [1.54, 1.807) is 4.90 Å². The molecule has 1 rings (SSSR count). The van der Waals surface area contributed by atoms with E-state index in [0.29, 0.717) is 19.4 Å². The Morgan fingerprint density at radius 2 is 2.29 bits per heavy atom. The van der Waals surface area contributed by atoms with Crippen molar-refractivity contribution in [2.45, 2.75) is 45.1 Å². The van der Waals surface area contributed by atoms with E-state index >= 15 is 0 Å². The molecule has 0 radical (unpaired) electrons. The van der Waals surface area contributed by atoms with Gasteiger partial charge in [-0.2, -0.15) is 0 Å². The van der Waals surface area contributed by atoms with Gasteiger partial charge in [-0.1, -0.05) is 6.92 Å². The molecule has 5 nitrogen and oxygen atoms in total. The van der Waals surface area contributed by atoms with Crippen LogP contribution in [0.1, 0.15) is 39.0 Å². The molecule has 0 aliphatic carbocycles. The van der Waals surface area contributed by atoms with Gasteiger partial charge in [-0.25, -0.2) is 0 Å². The average Bonchev–Trinajstić information content (AvgIpc) is 2.31. The molecule has 2 N–H and O–H groups in total. The molecule has 17 heavy (non-hydrogen) atoms. The fraction of sp³-hybridized carbons (Fsp3) is 0.833. The second-order valence-corrected chi connectivity index (χ2v) is 4.46. The summed E-state index contributed by atoms with van der Waals surface area (Å²) in [4.78, 5) is 24.8. The summed E-state index contributed by atoms with van der Waals surface area (Å²) in [5.41, 5.74) is 0. The van der Waals surface area contributed by atoms with Crippen molar-refractivity contribution in [1.29, 1.82) is 0 Å². The van der Waals surface area contributed by atoms with Gasteiger partial charge in [0.05, 0.1) is 6.54 Å². The summed E-state index contributed by atoms with van der Waals surface area (Å²) in [5.74, 6) is -0.0536. The highest BCUT2D eigenvalue weighted by molar-refractivity contribution is 5.85. The van der Waals surface area contributed by atoms with Gasteiger partial charge in [0.1, 0.15) is 0 Å². The highest BCUT2D eigenvalue weighted by atomic mass is 16.3. The van der Waals surface area contributed by atoms with Crippen LogP contribution in [0.25, 0.3) is 0 Å². The number of aliphatic hydroxyl groups is 1. The largest absolute Gasteiger partial charge is 0.396 e. The normalized spacial score (nSPS) is 18.0. The quantitative estimate of drug-likeness (QED) is 0.702. The van der Waals surface area contributed by atoms with Gasteiger partial charge < -0.3 is 15.3 Å². The molecule has 0 spiro atoms. The summed E-state index contributed by atoms with van der Waals surface area (Å²) in [6, 6.07) is 0.00685. The maximum Gasteiger partial charge on any atom is 0.239 e. The average molecular weight is 242 g/mol. The molecule has 5 heteroatoms. The van der Waals surface area contributed by atoms with Gasteiger partial charge in [0.2, 0.25) is 11.8 Å². The summed E-state index contributed by atoms with van der Waals surface area (Å²) < 4.78 is 0. The lowest BCUT2D eigenvalue weighted by molar-refractivity contribution is -0.138. The van der Waals surface area contributed by atoms with Crippen LogP contribution in [0.5, 0.6) is 0 Å². The molecule has 98 valence electrons. The van der Waals surface area contributed by atoms with Gasteiger partial charge >= 0.3 is 0 Å². The minimum absolute atomic E-state index is 0.00685. The lowest BCUT2D eigenvalue weighted by Crippen LogP contribution is -2.45. The number of nitrogens with zero attached hydrogens (tertiary/aromatic N) is 1. The Labute approximate surface area is 102 Å². The van der Waals surface area contributed by atoms with Gasteiger partial charge in [0.15, 0.2) is 0 Å². The Morgan fingerprint density at radius 3 is 2.88 bits per heavy atom. The molecule has 1 heterocycles. The first kappa shape index (κ1) is 14.0. The third-order valence-corrected chi connectivity index (χ3v) is 3.09. The molecule has 1 saturated heterocycles. The van der Waals surface area contributed by atoms with Crippen molar-refractivity contribution in [3.63, 3.8) is 0 Å². The molecule has 1 atom stereocenters. The van der Waals surface area contributed by atoms with Gasteiger partial charge in [-0.3, -0.25) is 9.59 Å². The summed E-state index contributed by atoms with van der Waals surface area (Å²) in [7, 11) is 0. The number of piperidine rings is 1. The topological polar surface area (TPSA) is 69.6 Å². The Kier molecular flexibility index (Phi) is 5.97. The van der Waals surface area contributed by atoms with E-state index in [4.69, 9.17) is 5.11 Å². The maximum atomic E-state index is 11.7. The van der Waals surface area contributed by atoms with Gasteiger partial charge in [-0.05, 0) is 25.7 Å². The first-order valence-electron chi connectivity index (χ1n) is 6.35. The van der Waals surface area contributed by atoms with E-state index < -0.39 is 0 Å². The third-order valence-electron chi connectivity index (χ3n) is 3.09. The van der Waals surface area contributed by atoms with Crippen LogP contribution in [0.4, 0.5) is 0 Å². The van der Waals surface area contributed by atoms with E-state index in [1.165, 1.54) is 0 Å². The minimum atomic E-state index is -0.124. The molecule has 0 aromatic heterocycles. The summed E-state index contributed by atoms with van der Waals surface area (Å²) in [5, 5.41) is 11.7. The number of amides is 2. The molecule has 0 aromatic carbocycles. The van der Waals surface area contributed by atoms with Crippen LogP contribution < -0.4 is 5.32 Å². The number of likely N-dealkylation sites (tertiary alicyclic amines) is 1. The molecule has 2 amide bonds. The Balaban J connectivity index is 2.34. The van der Waals surface area contributed by atoms with Crippen LogP contribution in [0.15, 0.2) is 0 Å². The van der Waals surface area contributed by atoms with E-state index in [2.05, 4.69) is 5.32 Å². The summed E-state index contributed by atoms with van der Waals surface area (Å²) >= 11 is 0. The number of carbonyl (C=O) groups is 2. The highest BCUT2D eigenvalue weighted by Crippen LogP contribution is 2.09. The van der Waals surface area contributed by atoms with Crippen molar-refractivity contribution < 1.29 is 14.7 Å². The van der Waals surface area contributed by atoms with E-state index in [9.17, 15) is 9.59 Å². The van der Waals surface area contributed by atoms with Crippen LogP contribution in [0.2, 0.25) is 0 Å². The third kappa shape index (κ3) is 4.73. The van der Waals surface area contributed by atoms with Crippen molar-refractivity contribution in [3.05, 3.63) is 0 Å². The molecule has 0 bridgehead atoms. The molecule has 0 aromatic rings. The fourth-order valence-corrected chi connectivity index (χ4v) is 2.01. The number of hydrogen-bond acceptors (Lipinski definition) is 3. The predicted octanol–water partition coefficient (Wildman–Crippen LogP) is 0.276. The first-order chi connectivity index (χ1) is 8.17. The second kappa shape index (κ2) is 7.27. The van der Waals surface area contributed by atoms with Gasteiger partial charge in [-0.15, -0.1) is 0 Å². The zero-order valence-electron chi connectivity index (χ0n) is 10.4. The number of aliphatic hydroxyl groups excluding tert-OH is 1. The lowest BCUT2D eigenvalue weighted by Gasteiger charge is -2.27. The van der Waals surface area contributed by atoms with E-state index in [1.807, 2.05) is 6.92 Å². The zero-order chi connectivity index (χ0) is 12.7. The maximum absolute atomic E-state index is 11.7. The zero-order valence-corrected chi connectivity index (χ0v) is 10.4. The standard InChI is InChI=1S/C12H22N2O3/c1-2-10(6-8-15)13-11(16)9-14-7-4-3-5-12(14)17/h10,15H,2-9H2,1H3,(H,13,16). The number of hydrogen-bond donors (Lipinski definition) is 2. The number of carbonyl (C=O) groups excluding carboxylic acids is 2. The SMILES string of the molecule is CCC(CCO)NC(=O)CN1CCCCC1=O. The van der Waals surface area contributed by atoms with Crippen molar-refractivity contribution >= 4 is 11.8 Å². The summed E-state index contributed by atoms with van der Waals surface area (Å²) in [6.45, 7) is 2.87. The molecule has 0 saturated carbocycles. The van der Waals surface area contributed by atoms with Crippen LogP contribution in [0, 0.1) is 0 Å². The van der Waals surface area contributed by atoms with E-state index in [-0.39, 0.29) is 31.0 Å². The summed E-state index contributed by atoms with van der Waals surface area (Å²) in [6.07, 6.45) is 3.82. The first-order valence-corrected chi connectivity index (χ1v) is 6.35. The molecule has 1 aliphatic heterocycles. The predicted molar refractivity (Wildman–Crippen MR) is 64.4 cm³/mol. The molecular weight excluding hydrogens is 220 g/mol. The minimum Gasteiger partial charge on any atom is -0.396 e. The Morgan fingerprint density at radius 1 is 1.53 bits per heavy atom. The van der Waals surface area contributed by atoms with Crippen LogP contribution in [-0.4, -0.2) is 47.6 Å². The van der Waals surface area contributed by atoms with Gasteiger partial charge in [0, 0.05) is 25.6 Å². The van der Waals surface area contributed by atoms with Crippen LogP contribution in [0.3, 0.4) is 0 Å². The van der Waals surface area contributed by atoms with E-state index in [0.717, 1.165) is 19.3 Å². The lowest BCUT2D eigenvalue weighted by atomic mass is 10.1. The second-order valence-electron chi connectivity index (χ2n) is 4.46. The Hall–Kier alpha value is -1.10. The van der Waals surface area contributed by atoms with Crippen molar-refractivity contribution in [2.75, 3.05) is 19.7 Å². The Bertz CT molecular complexity index is 268. The smallest absolute Gasteiger partial charge is 0.239 e. The fourth-order valence-electron chi connectivity index (χ4n) is 2.01. The van der Waals surface area contributed by atoms with Crippen LogP contribution >= 0.6 is 0 Å². The number of rotatable bonds is 6. The van der Waals surface area contributed by atoms with Gasteiger partial charge in [0.25, 0.3) is 0 Å². The highest BCUT2D eigenvalue weighted by Gasteiger charge is 2.21.